The molecule has 2 aromatic rings. The van der Waals surface area contributed by atoms with E-state index in [2.05, 4.69) is 5.32 Å². The average molecular weight is 444 g/mol. The lowest BCUT2D eigenvalue weighted by atomic mass is 10.1. The molecule has 1 saturated heterocycles. The summed E-state index contributed by atoms with van der Waals surface area (Å²) in [5.41, 5.74) is 2.76. The third kappa shape index (κ3) is 4.21. The molecule has 0 bridgehead atoms. The van der Waals surface area contributed by atoms with Crippen molar-refractivity contribution in [3.63, 3.8) is 0 Å². The second-order valence-electron chi connectivity index (χ2n) is 7.85. The number of nitrogens with zero attached hydrogens (tertiary/aromatic N) is 2. The Morgan fingerprint density at radius 2 is 1.87 bits per heavy atom. The number of hydrogen-bond donors (Lipinski definition) is 1. The van der Waals surface area contributed by atoms with E-state index >= 15 is 0 Å². The highest BCUT2D eigenvalue weighted by atomic mass is 32.2. The molecule has 1 N–H and O–H groups in total. The van der Waals surface area contributed by atoms with Gasteiger partial charge in [0, 0.05) is 44.2 Å². The summed E-state index contributed by atoms with van der Waals surface area (Å²) in [4.78, 5) is 27.3. The highest BCUT2D eigenvalue weighted by Gasteiger charge is 2.32. The third-order valence-electron chi connectivity index (χ3n) is 5.60. The predicted octanol–water partition coefficient (Wildman–Crippen LogP) is 2.26. The van der Waals surface area contributed by atoms with E-state index in [1.807, 2.05) is 12.1 Å². The van der Waals surface area contributed by atoms with Crippen LogP contribution >= 0.6 is 0 Å². The molecular formula is C22H25N3O5S. The second-order valence-corrected chi connectivity index (χ2v) is 10.0. The maximum atomic E-state index is 12.8. The Hall–Kier alpha value is -2.75. The quantitative estimate of drug-likeness (QED) is 0.765. The van der Waals surface area contributed by atoms with Crippen LogP contribution in [0.5, 0.6) is 0 Å². The first-order valence-corrected chi connectivity index (χ1v) is 11.6. The van der Waals surface area contributed by atoms with E-state index in [0.717, 1.165) is 34.8 Å². The Morgan fingerprint density at radius 1 is 1.13 bits per heavy atom. The number of hydrogen-bond acceptors (Lipinski definition) is 5. The van der Waals surface area contributed by atoms with Gasteiger partial charge in [-0.3, -0.25) is 9.59 Å². The predicted molar refractivity (Wildman–Crippen MR) is 117 cm³/mol. The van der Waals surface area contributed by atoms with Crippen molar-refractivity contribution in [1.82, 2.24) is 4.31 Å². The summed E-state index contributed by atoms with van der Waals surface area (Å²) in [5, 5.41) is 2.83. The summed E-state index contributed by atoms with van der Waals surface area (Å²) >= 11 is 0. The molecule has 0 aliphatic carbocycles. The van der Waals surface area contributed by atoms with Crippen molar-refractivity contribution in [2.45, 2.75) is 30.3 Å². The Kier molecular flexibility index (Phi) is 5.83. The number of sulfonamides is 1. The van der Waals surface area contributed by atoms with E-state index < -0.39 is 10.0 Å². The van der Waals surface area contributed by atoms with Gasteiger partial charge in [-0.05, 0) is 61.2 Å². The highest BCUT2D eigenvalue weighted by Crippen LogP contribution is 2.32. The van der Waals surface area contributed by atoms with Crippen LogP contribution in [0.3, 0.4) is 0 Å². The van der Waals surface area contributed by atoms with Gasteiger partial charge < -0.3 is 15.0 Å². The molecule has 2 aliphatic rings. The average Bonchev–Trinajstić information content (AvgIpc) is 3.43. The van der Waals surface area contributed by atoms with Crippen molar-refractivity contribution in [2.24, 2.45) is 0 Å². The molecule has 8 nitrogen and oxygen atoms in total. The fraction of sp³-hybridized carbons (Fsp3) is 0.364. The zero-order chi connectivity index (χ0) is 22.2. The SMILES string of the molecule is CN(C)S(=O)(=O)c1ccc(C(=O)Nc2ccc3c(c2)N(C(=O)C2CCCO2)CC3)cc1. The molecule has 4 rings (SSSR count). The van der Waals surface area contributed by atoms with E-state index in [4.69, 9.17) is 4.74 Å². The molecule has 2 heterocycles. The fourth-order valence-electron chi connectivity index (χ4n) is 3.82. The molecule has 9 heteroatoms. The summed E-state index contributed by atoms with van der Waals surface area (Å²) < 4.78 is 31.0. The first-order valence-electron chi connectivity index (χ1n) is 10.2. The van der Waals surface area contributed by atoms with Gasteiger partial charge in [-0.1, -0.05) is 6.07 Å². The molecule has 0 spiro atoms. The zero-order valence-electron chi connectivity index (χ0n) is 17.5. The van der Waals surface area contributed by atoms with E-state index in [-0.39, 0.29) is 22.8 Å². The molecule has 164 valence electrons. The Bertz CT molecular complexity index is 1110. The van der Waals surface area contributed by atoms with Gasteiger partial charge in [-0.2, -0.15) is 0 Å². The molecule has 1 fully saturated rings. The van der Waals surface area contributed by atoms with Crippen LogP contribution in [0.25, 0.3) is 0 Å². The van der Waals surface area contributed by atoms with Crippen LogP contribution in [0.1, 0.15) is 28.8 Å². The van der Waals surface area contributed by atoms with Crippen LogP contribution in [0, 0.1) is 0 Å². The van der Waals surface area contributed by atoms with Gasteiger partial charge >= 0.3 is 0 Å². The van der Waals surface area contributed by atoms with Gasteiger partial charge in [0.1, 0.15) is 6.10 Å². The third-order valence-corrected chi connectivity index (χ3v) is 7.43. The van der Waals surface area contributed by atoms with Crippen LogP contribution in [0.4, 0.5) is 11.4 Å². The number of amides is 2. The maximum Gasteiger partial charge on any atom is 0.256 e. The largest absolute Gasteiger partial charge is 0.368 e. The normalized spacial score (nSPS) is 18.3. The molecule has 0 radical (unpaired) electrons. The molecule has 2 amide bonds. The maximum absolute atomic E-state index is 12.8. The number of benzene rings is 2. The van der Waals surface area contributed by atoms with Crippen LogP contribution in [0.2, 0.25) is 0 Å². The minimum absolute atomic E-state index is 0.0302. The second kappa shape index (κ2) is 8.41. The first-order chi connectivity index (χ1) is 14.8. The number of ether oxygens (including phenoxy) is 1. The van der Waals surface area contributed by atoms with Gasteiger partial charge in [0.05, 0.1) is 4.90 Å². The Balaban J connectivity index is 1.50. The smallest absolute Gasteiger partial charge is 0.256 e. The van der Waals surface area contributed by atoms with E-state index in [9.17, 15) is 18.0 Å². The van der Waals surface area contributed by atoms with Crippen molar-refractivity contribution >= 4 is 33.2 Å². The minimum atomic E-state index is -3.55. The Morgan fingerprint density at radius 3 is 2.52 bits per heavy atom. The van der Waals surface area contributed by atoms with Crippen molar-refractivity contribution < 1.29 is 22.7 Å². The van der Waals surface area contributed by atoms with Crippen LogP contribution in [-0.2, 0) is 26.0 Å². The summed E-state index contributed by atoms with van der Waals surface area (Å²) in [7, 11) is -0.643. The summed E-state index contributed by atoms with van der Waals surface area (Å²) in [6.07, 6.45) is 2.01. The summed E-state index contributed by atoms with van der Waals surface area (Å²) in [6.45, 7) is 1.22. The van der Waals surface area contributed by atoms with Crippen molar-refractivity contribution in [3.05, 3.63) is 53.6 Å². The summed E-state index contributed by atoms with van der Waals surface area (Å²) in [6, 6.07) is 11.3. The van der Waals surface area contributed by atoms with Gasteiger partial charge in [0.25, 0.3) is 11.8 Å². The molecule has 31 heavy (non-hydrogen) atoms. The number of rotatable bonds is 5. The highest BCUT2D eigenvalue weighted by molar-refractivity contribution is 7.89. The lowest BCUT2D eigenvalue weighted by molar-refractivity contribution is -0.127. The Labute approximate surface area is 181 Å². The van der Waals surface area contributed by atoms with E-state index in [1.54, 1.807) is 11.0 Å². The molecule has 2 aliphatic heterocycles. The minimum Gasteiger partial charge on any atom is -0.368 e. The number of carbonyl (C=O) groups is 2. The monoisotopic (exact) mass is 443 g/mol. The van der Waals surface area contributed by atoms with Crippen molar-refractivity contribution in [3.8, 4) is 0 Å². The number of anilines is 2. The lowest BCUT2D eigenvalue weighted by Gasteiger charge is -2.21. The van der Waals surface area contributed by atoms with Crippen LogP contribution < -0.4 is 10.2 Å². The number of fused-ring (bicyclic) bond motifs is 1. The van der Waals surface area contributed by atoms with E-state index in [1.165, 1.54) is 38.4 Å². The fourth-order valence-corrected chi connectivity index (χ4v) is 4.73. The molecule has 0 saturated carbocycles. The van der Waals surface area contributed by atoms with Gasteiger partial charge in [-0.25, -0.2) is 12.7 Å². The number of carbonyl (C=O) groups excluding carboxylic acids is 2. The molecular weight excluding hydrogens is 418 g/mol. The lowest BCUT2D eigenvalue weighted by Crippen LogP contribution is -2.37. The van der Waals surface area contributed by atoms with Gasteiger partial charge in [-0.15, -0.1) is 0 Å². The van der Waals surface area contributed by atoms with Crippen LogP contribution in [-0.4, -0.2) is 57.9 Å². The summed E-state index contributed by atoms with van der Waals surface area (Å²) in [5.74, 6) is -0.388. The standard InChI is InChI=1S/C22H25N3O5S/c1-24(2)31(28,29)18-9-6-16(7-10-18)21(26)23-17-8-5-15-11-12-25(19(15)14-17)22(27)20-4-3-13-30-20/h5-10,14,20H,3-4,11-13H2,1-2H3,(H,23,26). The van der Waals surface area contributed by atoms with E-state index in [0.29, 0.717) is 24.4 Å². The topological polar surface area (TPSA) is 96.0 Å². The number of nitrogens with one attached hydrogen (secondary N) is 1. The van der Waals surface area contributed by atoms with Gasteiger partial charge in [0.2, 0.25) is 10.0 Å². The van der Waals surface area contributed by atoms with Crippen molar-refractivity contribution in [2.75, 3.05) is 37.5 Å². The molecule has 1 unspecified atom stereocenters. The van der Waals surface area contributed by atoms with Crippen molar-refractivity contribution in [1.29, 1.82) is 0 Å². The first kappa shape index (κ1) is 21.5. The zero-order valence-corrected chi connectivity index (χ0v) is 18.3. The van der Waals surface area contributed by atoms with Gasteiger partial charge in [0.15, 0.2) is 0 Å². The molecule has 0 aromatic heterocycles. The van der Waals surface area contributed by atoms with Crippen LogP contribution in [0.15, 0.2) is 47.4 Å². The molecule has 1 atom stereocenters. The molecule has 2 aromatic carbocycles.